The number of ether oxygens (including phenoxy) is 2. The van der Waals surface area contributed by atoms with Crippen molar-refractivity contribution >= 4 is 14.1 Å². The Morgan fingerprint density at radius 3 is 2.22 bits per heavy atom. The molecule has 1 atom stereocenters. The zero-order chi connectivity index (χ0) is 13.0. The quantitative estimate of drug-likeness (QED) is 0.765. The van der Waals surface area contributed by atoms with E-state index in [0.717, 1.165) is 0 Å². The van der Waals surface area contributed by atoms with Gasteiger partial charge in [-0.3, -0.25) is 4.79 Å². The van der Waals surface area contributed by atoms with Crippen molar-refractivity contribution in [2.24, 2.45) is 0 Å². The highest BCUT2D eigenvalue weighted by molar-refractivity contribution is 7.59. The molecular formula is C14H19O3P. The van der Waals surface area contributed by atoms with Gasteiger partial charge in [-0.2, -0.15) is 0 Å². The first-order valence-corrected chi connectivity index (χ1v) is 7.36. The van der Waals surface area contributed by atoms with Crippen LogP contribution in [0.25, 0.3) is 0 Å². The molecule has 2 rings (SSSR count). The molecule has 0 radical (unpaired) electrons. The molecule has 3 nitrogen and oxygen atoms in total. The van der Waals surface area contributed by atoms with Crippen molar-refractivity contribution < 1.29 is 14.3 Å². The monoisotopic (exact) mass is 266 g/mol. The van der Waals surface area contributed by atoms with Gasteiger partial charge in [0.05, 0.1) is 14.2 Å². The van der Waals surface area contributed by atoms with Crippen molar-refractivity contribution in [3.05, 3.63) is 23.8 Å². The Balaban J connectivity index is 2.21. The van der Waals surface area contributed by atoms with E-state index < -0.39 is 0 Å². The molecule has 0 amide bonds. The summed E-state index contributed by atoms with van der Waals surface area (Å²) in [5.41, 5.74) is 1.33. The molecule has 0 heterocycles. The third kappa shape index (κ3) is 2.84. The van der Waals surface area contributed by atoms with Crippen LogP contribution in [0.5, 0.6) is 11.5 Å². The van der Waals surface area contributed by atoms with Crippen LogP contribution >= 0.6 is 8.58 Å². The Bertz CT molecular complexity index is 403. The third-order valence-electron chi connectivity index (χ3n) is 3.35. The van der Waals surface area contributed by atoms with E-state index in [1.54, 1.807) is 14.2 Å². The van der Waals surface area contributed by atoms with Gasteiger partial charge in [0.1, 0.15) is 17.1 Å². The van der Waals surface area contributed by atoms with Crippen LogP contribution < -0.4 is 9.47 Å². The van der Waals surface area contributed by atoms with Crippen LogP contribution in [0.3, 0.4) is 0 Å². The predicted octanol–water partition coefficient (Wildman–Crippen LogP) is 3.47. The number of methoxy groups -OCH3 is 2. The standard InChI is InChI=1S/C14H19O3P/c1-16-11-8-5-9-12(17-2)13(11)14(15)18-10-6-3-4-7-10/h5,8-10,18H,3-4,6-7H2,1-2H3. The minimum atomic E-state index is 0.163. The average molecular weight is 266 g/mol. The second-order valence-electron chi connectivity index (χ2n) is 4.49. The molecule has 4 heteroatoms. The number of carbonyl (C=O) groups is 1. The molecule has 1 saturated carbocycles. The van der Waals surface area contributed by atoms with Crippen molar-refractivity contribution in [2.75, 3.05) is 14.2 Å². The van der Waals surface area contributed by atoms with Crippen LogP contribution in [-0.4, -0.2) is 25.4 Å². The fraction of sp³-hybridized carbons (Fsp3) is 0.500. The molecule has 1 aliphatic rings. The predicted molar refractivity (Wildman–Crippen MR) is 74.4 cm³/mol. The van der Waals surface area contributed by atoms with E-state index >= 15 is 0 Å². The van der Waals surface area contributed by atoms with Gasteiger partial charge in [0, 0.05) is 0 Å². The molecule has 1 fully saturated rings. The lowest BCUT2D eigenvalue weighted by Gasteiger charge is -2.14. The molecule has 98 valence electrons. The molecule has 0 aromatic heterocycles. The summed E-state index contributed by atoms with van der Waals surface area (Å²) in [5, 5.41) is 0. The van der Waals surface area contributed by atoms with E-state index in [4.69, 9.17) is 9.47 Å². The van der Waals surface area contributed by atoms with Crippen molar-refractivity contribution in [3.63, 3.8) is 0 Å². The van der Waals surface area contributed by atoms with Gasteiger partial charge in [0.25, 0.3) is 0 Å². The molecule has 0 aliphatic heterocycles. The summed E-state index contributed by atoms with van der Waals surface area (Å²) in [4.78, 5) is 12.4. The van der Waals surface area contributed by atoms with Crippen LogP contribution in [0, 0.1) is 0 Å². The number of benzene rings is 1. The van der Waals surface area contributed by atoms with E-state index in [2.05, 4.69) is 0 Å². The van der Waals surface area contributed by atoms with Crippen LogP contribution in [0.2, 0.25) is 0 Å². The van der Waals surface area contributed by atoms with Crippen LogP contribution in [0.4, 0.5) is 0 Å². The first-order chi connectivity index (χ1) is 8.76. The van der Waals surface area contributed by atoms with E-state index in [1.807, 2.05) is 18.2 Å². The van der Waals surface area contributed by atoms with Gasteiger partial charge in [-0.15, -0.1) is 0 Å². The summed E-state index contributed by atoms with van der Waals surface area (Å²) in [7, 11) is 3.51. The molecule has 0 bridgehead atoms. The Hall–Kier alpha value is -1.08. The van der Waals surface area contributed by atoms with E-state index in [0.29, 0.717) is 31.3 Å². The van der Waals surface area contributed by atoms with Gasteiger partial charge in [-0.1, -0.05) is 18.9 Å². The van der Waals surface area contributed by atoms with Crippen LogP contribution in [0.1, 0.15) is 36.0 Å². The summed E-state index contributed by atoms with van der Waals surface area (Å²) in [6, 6.07) is 5.47. The largest absolute Gasteiger partial charge is 0.496 e. The first kappa shape index (κ1) is 13.4. The highest BCUT2D eigenvalue weighted by Gasteiger charge is 2.23. The maximum absolute atomic E-state index is 12.4. The number of hydrogen-bond acceptors (Lipinski definition) is 3. The molecule has 0 N–H and O–H groups in total. The molecule has 1 aromatic carbocycles. The SMILES string of the molecule is COc1cccc(OC)c1C(=O)PC1CCCC1. The van der Waals surface area contributed by atoms with Gasteiger partial charge >= 0.3 is 0 Å². The van der Waals surface area contributed by atoms with Crippen molar-refractivity contribution in [1.29, 1.82) is 0 Å². The lowest BCUT2D eigenvalue weighted by atomic mass is 10.2. The zero-order valence-corrected chi connectivity index (χ0v) is 11.9. The minimum absolute atomic E-state index is 0.163. The fourth-order valence-electron chi connectivity index (χ4n) is 2.40. The average Bonchev–Trinajstić information content (AvgIpc) is 2.90. The number of hydrogen-bond donors (Lipinski definition) is 0. The second kappa shape index (κ2) is 6.19. The molecule has 18 heavy (non-hydrogen) atoms. The number of rotatable bonds is 5. The van der Waals surface area contributed by atoms with Gasteiger partial charge in [0.15, 0.2) is 5.52 Å². The Morgan fingerprint density at radius 1 is 1.17 bits per heavy atom. The molecular weight excluding hydrogens is 247 g/mol. The zero-order valence-electron chi connectivity index (χ0n) is 10.9. The highest BCUT2D eigenvalue weighted by atomic mass is 31.1. The fourth-order valence-corrected chi connectivity index (χ4v) is 3.86. The van der Waals surface area contributed by atoms with E-state index in [1.165, 1.54) is 25.7 Å². The third-order valence-corrected chi connectivity index (χ3v) is 4.84. The lowest BCUT2D eigenvalue weighted by molar-refractivity contribution is 0.107. The summed E-state index contributed by atoms with van der Waals surface area (Å²) >= 11 is 0. The minimum Gasteiger partial charge on any atom is -0.496 e. The number of carbonyl (C=O) groups excluding carboxylic acids is 1. The molecule has 1 aliphatic carbocycles. The van der Waals surface area contributed by atoms with Crippen LogP contribution in [-0.2, 0) is 0 Å². The maximum Gasteiger partial charge on any atom is 0.188 e. The second-order valence-corrected chi connectivity index (χ2v) is 6.05. The Kier molecular flexibility index (Phi) is 4.60. The lowest BCUT2D eigenvalue weighted by Crippen LogP contribution is -2.04. The summed E-state index contributed by atoms with van der Waals surface area (Å²) in [6.07, 6.45) is 4.88. The molecule has 0 spiro atoms. The van der Waals surface area contributed by atoms with Crippen LogP contribution in [0.15, 0.2) is 18.2 Å². The van der Waals surface area contributed by atoms with Gasteiger partial charge < -0.3 is 9.47 Å². The first-order valence-electron chi connectivity index (χ1n) is 6.28. The Morgan fingerprint density at radius 2 is 1.72 bits per heavy atom. The summed E-state index contributed by atoms with van der Waals surface area (Å²) < 4.78 is 10.6. The Labute approximate surface area is 110 Å². The highest BCUT2D eigenvalue weighted by Crippen LogP contribution is 2.40. The van der Waals surface area contributed by atoms with Crippen molar-refractivity contribution in [3.8, 4) is 11.5 Å². The van der Waals surface area contributed by atoms with Gasteiger partial charge in [0.2, 0.25) is 0 Å². The van der Waals surface area contributed by atoms with Gasteiger partial charge in [-0.25, -0.2) is 0 Å². The summed E-state index contributed by atoms with van der Waals surface area (Å²) in [5.74, 6) is 1.23. The molecule has 1 unspecified atom stereocenters. The van der Waals surface area contributed by atoms with Crippen molar-refractivity contribution in [1.82, 2.24) is 0 Å². The maximum atomic E-state index is 12.4. The molecule has 1 aromatic rings. The smallest absolute Gasteiger partial charge is 0.188 e. The van der Waals surface area contributed by atoms with Crippen molar-refractivity contribution in [2.45, 2.75) is 31.3 Å². The molecule has 0 saturated heterocycles. The summed E-state index contributed by atoms with van der Waals surface area (Å²) in [6.45, 7) is 0. The van der Waals surface area contributed by atoms with E-state index in [9.17, 15) is 4.79 Å². The van der Waals surface area contributed by atoms with E-state index in [-0.39, 0.29) is 5.52 Å². The van der Waals surface area contributed by atoms with Gasteiger partial charge in [-0.05, 0) is 39.2 Å². The topological polar surface area (TPSA) is 35.5 Å². The normalized spacial score (nSPS) is 16.3.